The van der Waals surface area contributed by atoms with Crippen LogP contribution in [0.15, 0.2) is 0 Å². The van der Waals surface area contributed by atoms with Crippen molar-refractivity contribution in [1.29, 1.82) is 0 Å². The van der Waals surface area contributed by atoms with Crippen LogP contribution in [0.1, 0.15) is 71.1 Å². The topological polar surface area (TPSA) is 9.23 Å². The number of ether oxygens (including phenoxy) is 1. The summed E-state index contributed by atoms with van der Waals surface area (Å²) >= 11 is 0. The molecule has 0 bridgehead atoms. The van der Waals surface area contributed by atoms with E-state index in [1.165, 1.54) is 0 Å². The van der Waals surface area contributed by atoms with Crippen LogP contribution in [-0.4, -0.2) is 60.8 Å². The number of unbranched alkanes of at least 4 members (excludes halogenated alkanes) is 7. The molecule has 0 rings (SSSR count). The van der Waals surface area contributed by atoms with Gasteiger partial charge in [-0.05, 0) is 12.8 Å². The van der Waals surface area contributed by atoms with Gasteiger partial charge in [0.05, 0.1) is 0 Å². The zero-order valence-electron chi connectivity index (χ0n) is 20.3. The molecule has 0 aromatic heterocycles. The molecule has 39 heavy (non-hydrogen) atoms. The van der Waals surface area contributed by atoms with Crippen LogP contribution in [0.2, 0.25) is 0 Å². The Labute approximate surface area is 212 Å². The lowest BCUT2D eigenvalue weighted by molar-refractivity contribution is -0.461. The van der Waals surface area contributed by atoms with E-state index in [0.717, 1.165) is 38.5 Å². The Bertz CT molecular complexity index is 730. The van der Waals surface area contributed by atoms with Gasteiger partial charge in [-0.1, -0.05) is 51.9 Å². The highest BCUT2D eigenvalue weighted by Crippen LogP contribution is 2.64. The molecule has 0 spiro atoms. The Morgan fingerprint density at radius 3 is 1.13 bits per heavy atom. The molecule has 0 heterocycles. The molecule has 236 valence electrons. The van der Waals surface area contributed by atoms with Gasteiger partial charge in [-0.15, -0.1) is 0 Å². The van der Waals surface area contributed by atoms with Crippen molar-refractivity contribution in [3.05, 3.63) is 0 Å². The zero-order valence-corrected chi connectivity index (χ0v) is 20.3. The molecule has 0 N–H and O–H groups in total. The molecule has 0 fully saturated rings. The fraction of sp³-hybridized carbons (Fsp3) is 1.00. The van der Waals surface area contributed by atoms with Crippen molar-refractivity contribution in [3.63, 3.8) is 0 Å². The van der Waals surface area contributed by atoms with Crippen molar-refractivity contribution in [3.8, 4) is 0 Å². The fourth-order valence-electron chi connectivity index (χ4n) is 3.19. The smallest absolute Gasteiger partial charge is 0.381 e. The van der Waals surface area contributed by atoms with Gasteiger partial charge in [-0.3, -0.25) is 0 Å². The number of hydrogen-bond acceptors (Lipinski definition) is 1. The highest BCUT2D eigenvalue weighted by atomic mass is 19.4. The molecule has 0 aromatic carbocycles. The molecule has 0 aliphatic heterocycles. The van der Waals surface area contributed by atoms with Gasteiger partial charge in [0.2, 0.25) is 0 Å². The molecule has 0 saturated carbocycles. The Kier molecular flexibility index (Phi) is 12.8. The monoisotopic (exact) mass is 618 g/mol. The van der Waals surface area contributed by atoms with Crippen molar-refractivity contribution in [2.75, 3.05) is 13.2 Å². The Morgan fingerprint density at radius 1 is 0.385 bits per heavy atom. The summed E-state index contributed by atoms with van der Waals surface area (Å²) in [6.45, 7) is 1.07. The second-order valence-corrected chi connectivity index (χ2v) is 8.84. The minimum Gasteiger partial charge on any atom is -0.381 e. The van der Waals surface area contributed by atoms with Crippen LogP contribution in [0.25, 0.3) is 0 Å². The summed E-state index contributed by atoms with van der Waals surface area (Å²) in [5, 5.41) is 0. The van der Waals surface area contributed by atoms with Crippen LogP contribution in [0.5, 0.6) is 0 Å². The molecule has 0 aliphatic carbocycles. The molecule has 18 heteroatoms. The van der Waals surface area contributed by atoms with Gasteiger partial charge in [0.15, 0.2) is 0 Å². The van der Waals surface area contributed by atoms with E-state index < -0.39 is 67.1 Å². The van der Waals surface area contributed by atoms with Crippen LogP contribution in [-0.2, 0) is 4.74 Å². The summed E-state index contributed by atoms with van der Waals surface area (Å²) < 4.78 is 229. The second-order valence-electron chi connectivity index (χ2n) is 8.84. The third-order valence-corrected chi connectivity index (χ3v) is 5.71. The maximum atomic E-state index is 13.8. The number of rotatable bonds is 19. The molecule has 1 nitrogen and oxygen atoms in total. The third-order valence-electron chi connectivity index (χ3n) is 5.71. The normalized spacial score (nSPS) is 15.2. The lowest BCUT2D eigenvalue weighted by Gasteiger charge is -2.42. The van der Waals surface area contributed by atoms with Gasteiger partial charge >= 0.3 is 47.6 Å². The SMILES string of the molecule is CCCCCCCCCCOCCCC(F)(F)C(F)(F)C(F)(F)C(F)(F)C(F)(F)C(F)(F)C(F)(F)C(F)(F)F. The van der Waals surface area contributed by atoms with Crippen molar-refractivity contribution < 1.29 is 79.4 Å². The molecule has 0 amide bonds. The van der Waals surface area contributed by atoms with Crippen LogP contribution in [0, 0.1) is 0 Å². The van der Waals surface area contributed by atoms with Crippen LogP contribution in [0.3, 0.4) is 0 Å². The standard InChI is InChI=1S/C21H27F17O/c1-2-3-4-5-6-7-8-9-12-39-13-10-11-14(22,23)15(24,25)16(26,27)17(28,29)18(30,31)19(32,33)20(34,35)21(36,37)38/h2-13H2,1H3. The Hall–Kier alpha value is -1.23. The van der Waals surface area contributed by atoms with Crippen LogP contribution >= 0.6 is 0 Å². The zero-order chi connectivity index (χ0) is 31.2. The molecule has 0 aromatic rings. The summed E-state index contributed by atoms with van der Waals surface area (Å²) in [6, 6.07) is 0. The van der Waals surface area contributed by atoms with E-state index in [9.17, 15) is 74.6 Å². The van der Waals surface area contributed by atoms with Crippen LogP contribution in [0.4, 0.5) is 74.6 Å². The first-order valence-corrected chi connectivity index (χ1v) is 11.6. The van der Waals surface area contributed by atoms with E-state index in [0.29, 0.717) is 12.8 Å². The molecule has 0 aliphatic rings. The average molecular weight is 618 g/mol. The summed E-state index contributed by atoms with van der Waals surface area (Å²) in [5.41, 5.74) is 0. The fourth-order valence-corrected chi connectivity index (χ4v) is 3.19. The average Bonchev–Trinajstić information content (AvgIpc) is 2.78. The van der Waals surface area contributed by atoms with E-state index in [1.807, 2.05) is 6.92 Å². The van der Waals surface area contributed by atoms with Gasteiger partial charge in [-0.25, -0.2) is 0 Å². The summed E-state index contributed by atoms with van der Waals surface area (Å²) in [5.74, 6) is -56.0. The lowest BCUT2D eigenvalue weighted by Crippen LogP contribution is -2.74. The van der Waals surface area contributed by atoms with E-state index in [4.69, 9.17) is 4.74 Å². The molecular formula is C21H27F17O. The van der Waals surface area contributed by atoms with E-state index in [1.54, 1.807) is 0 Å². The van der Waals surface area contributed by atoms with Gasteiger partial charge < -0.3 is 4.74 Å². The highest BCUT2D eigenvalue weighted by Gasteiger charge is 2.95. The van der Waals surface area contributed by atoms with Crippen LogP contribution < -0.4 is 0 Å². The quantitative estimate of drug-likeness (QED) is 0.103. The van der Waals surface area contributed by atoms with Gasteiger partial charge in [-0.2, -0.15) is 74.6 Å². The number of alkyl halides is 17. The van der Waals surface area contributed by atoms with Gasteiger partial charge in [0.1, 0.15) is 0 Å². The summed E-state index contributed by atoms with van der Waals surface area (Å²) in [4.78, 5) is 0. The predicted octanol–water partition coefficient (Wildman–Crippen LogP) is 9.93. The van der Waals surface area contributed by atoms with E-state index in [2.05, 4.69) is 0 Å². The number of hydrogen-bond donors (Lipinski definition) is 0. The van der Waals surface area contributed by atoms with Gasteiger partial charge in [0, 0.05) is 19.6 Å². The number of halogens is 17. The minimum absolute atomic E-state index is 0.111. The maximum Gasteiger partial charge on any atom is 0.460 e. The largest absolute Gasteiger partial charge is 0.460 e. The molecule has 0 unspecified atom stereocenters. The first-order chi connectivity index (χ1) is 17.3. The minimum atomic E-state index is -8.60. The summed E-state index contributed by atoms with van der Waals surface area (Å²) in [7, 11) is 0. The molecular weight excluding hydrogens is 591 g/mol. The highest BCUT2D eigenvalue weighted by molar-refractivity contribution is 5.15. The van der Waals surface area contributed by atoms with Crippen molar-refractivity contribution in [2.24, 2.45) is 0 Å². The Morgan fingerprint density at radius 2 is 0.718 bits per heavy atom. The molecule has 0 radical (unpaired) electrons. The van der Waals surface area contributed by atoms with Crippen molar-refractivity contribution in [2.45, 2.75) is 119 Å². The first-order valence-electron chi connectivity index (χ1n) is 11.6. The molecule has 0 saturated heterocycles. The maximum absolute atomic E-state index is 13.8. The Balaban J connectivity index is 5.34. The first kappa shape index (κ1) is 37.8. The third kappa shape index (κ3) is 7.54. The van der Waals surface area contributed by atoms with E-state index >= 15 is 0 Å². The van der Waals surface area contributed by atoms with Crippen molar-refractivity contribution in [1.82, 2.24) is 0 Å². The van der Waals surface area contributed by atoms with Gasteiger partial charge in [0.25, 0.3) is 0 Å². The van der Waals surface area contributed by atoms with E-state index in [-0.39, 0.29) is 6.61 Å². The second kappa shape index (κ2) is 13.2. The summed E-state index contributed by atoms with van der Waals surface area (Å²) in [6.07, 6.45) is -4.74. The molecule has 0 atom stereocenters. The predicted molar refractivity (Wildman–Crippen MR) is 103 cm³/mol. The lowest BCUT2D eigenvalue weighted by atomic mass is 9.88. The van der Waals surface area contributed by atoms with Crippen molar-refractivity contribution >= 4 is 0 Å².